The summed E-state index contributed by atoms with van der Waals surface area (Å²) in [5.74, 6) is 0.917. The monoisotopic (exact) mass is 462 g/mol. The first-order valence-corrected chi connectivity index (χ1v) is 11.9. The van der Waals surface area contributed by atoms with Crippen molar-refractivity contribution in [3.63, 3.8) is 0 Å². The molecule has 0 saturated heterocycles. The third-order valence-electron chi connectivity index (χ3n) is 6.98. The Kier molecular flexibility index (Phi) is 5.89. The smallest absolute Gasteiger partial charge is 0.273 e. The van der Waals surface area contributed by atoms with Crippen LogP contribution in [0.2, 0.25) is 0 Å². The minimum Gasteiger partial charge on any atom is -0.497 e. The van der Waals surface area contributed by atoms with Crippen molar-refractivity contribution in [2.45, 2.75) is 63.7 Å². The Balaban J connectivity index is 1.50. The van der Waals surface area contributed by atoms with Crippen molar-refractivity contribution in [1.29, 1.82) is 0 Å². The molecule has 2 aliphatic rings. The van der Waals surface area contributed by atoms with Crippen molar-refractivity contribution < 1.29 is 18.7 Å². The molecule has 0 unspecified atom stereocenters. The van der Waals surface area contributed by atoms with Crippen molar-refractivity contribution in [1.82, 2.24) is 20.0 Å². The molecule has 0 spiro atoms. The predicted octanol–water partition coefficient (Wildman–Crippen LogP) is 4.02. The number of aromatic nitrogens is 2. The van der Waals surface area contributed by atoms with E-state index in [9.17, 15) is 9.59 Å². The van der Waals surface area contributed by atoms with Crippen LogP contribution in [0.3, 0.4) is 0 Å². The molecule has 1 aliphatic heterocycles. The maximum atomic E-state index is 13.8. The topological polar surface area (TPSA) is 89.6 Å². The van der Waals surface area contributed by atoms with Gasteiger partial charge in [0.05, 0.1) is 19.9 Å². The summed E-state index contributed by atoms with van der Waals surface area (Å²) in [5, 5.41) is 7.85. The molecule has 2 aromatic heterocycles. The number of furan rings is 1. The van der Waals surface area contributed by atoms with Crippen LogP contribution in [0.1, 0.15) is 55.1 Å². The number of carbonyl (C=O) groups excluding carboxylic acids is 2. The van der Waals surface area contributed by atoms with Crippen molar-refractivity contribution >= 4 is 11.8 Å². The zero-order valence-electron chi connectivity index (χ0n) is 19.6. The minimum atomic E-state index is -1.10. The van der Waals surface area contributed by atoms with E-state index in [1.165, 1.54) is 6.42 Å². The van der Waals surface area contributed by atoms with Gasteiger partial charge in [0.2, 0.25) is 5.91 Å². The van der Waals surface area contributed by atoms with E-state index in [-0.39, 0.29) is 30.9 Å². The van der Waals surface area contributed by atoms with E-state index in [4.69, 9.17) is 9.15 Å². The molecule has 1 saturated carbocycles. The lowest BCUT2D eigenvalue weighted by atomic mass is 9.91. The second-order valence-corrected chi connectivity index (χ2v) is 9.37. The highest BCUT2D eigenvalue weighted by Gasteiger charge is 2.48. The SMILES string of the molecule is COc1cccc(CN2C(=O)c3cc(-c4ccco4)nn3C[C@]2(C)C(=O)NC2CCCCC2)c1. The zero-order chi connectivity index (χ0) is 23.7. The Hall–Kier alpha value is -3.55. The van der Waals surface area contributed by atoms with Gasteiger partial charge >= 0.3 is 0 Å². The van der Waals surface area contributed by atoms with E-state index < -0.39 is 5.54 Å². The Morgan fingerprint density at radius 2 is 2.03 bits per heavy atom. The van der Waals surface area contributed by atoms with Gasteiger partial charge < -0.3 is 19.4 Å². The van der Waals surface area contributed by atoms with Crippen LogP contribution in [-0.2, 0) is 17.9 Å². The summed E-state index contributed by atoms with van der Waals surface area (Å²) in [6.45, 7) is 2.38. The standard InChI is InChI=1S/C26H30N4O4/c1-26(25(32)27-19-9-4-3-5-10-19)17-30-22(15-21(28-30)23-12-7-13-34-23)24(31)29(26)16-18-8-6-11-20(14-18)33-2/h6-8,11-15,19H,3-5,9-10,16-17H2,1-2H3,(H,27,32)/t26-/m1/s1. The van der Waals surface area contributed by atoms with E-state index in [1.54, 1.807) is 35.1 Å². The number of carbonyl (C=O) groups is 2. The van der Waals surface area contributed by atoms with Crippen LogP contribution in [-0.4, -0.2) is 45.2 Å². The molecule has 1 aliphatic carbocycles. The van der Waals surface area contributed by atoms with Gasteiger partial charge in [-0.3, -0.25) is 14.3 Å². The third-order valence-corrected chi connectivity index (χ3v) is 6.98. The number of amides is 2. The second-order valence-electron chi connectivity index (χ2n) is 9.37. The summed E-state index contributed by atoms with van der Waals surface area (Å²) in [7, 11) is 1.61. The summed E-state index contributed by atoms with van der Waals surface area (Å²) in [6, 6.07) is 13.1. The van der Waals surface area contributed by atoms with Crippen LogP contribution in [0.25, 0.3) is 11.5 Å². The first kappa shape index (κ1) is 22.3. The molecule has 5 rings (SSSR count). The van der Waals surface area contributed by atoms with Gasteiger partial charge in [0.1, 0.15) is 22.7 Å². The molecule has 3 aromatic rings. The first-order valence-electron chi connectivity index (χ1n) is 11.9. The first-order chi connectivity index (χ1) is 16.5. The molecule has 178 valence electrons. The lowest BCUT2D eigenvalue weighted by molar-refractivity contribution is -0.134. The molecule has 2 amide bonds. The van der Waals surface area contributed by atoms with Crippen LogP contribution in [0.5, 0.6) is 5.75 Å². The Labute approximate surface area is 198 Å². The van der Waals surface area contributed by atoms with Gasteiger partial charge in [-0.1, -0.05) is 31.4 Å². The van der Waals surface area contributed by atoms with Gasteiger partial charge in [-0.25, -0.2) is 0 Å². The normalized spacial score (nSPS) is 20.8. The molecule has 8 heteroatoms. The quantitative estimate of drug-likeness (QED) is 0.598. The van der Waals surface area contributed by atoms with Gasteiger partial charge in [-0.05, 0) is 49.6 Å². The Morgan fingerprint density at radius 1 is 1.21 bits per heavy atom. The maximum absolute atomic E-state index is 13.8. The van der Waals surface area contributed by atoms with Crippen LogP contribution < -0.4 is 10.1 Å². The molecule has 1 N–H and O–H groups in total. The summed E-state index contributed by atoms with van der Waals surface area (Å²) < 4.78 is 12.5. The molecular weight excluding hydrogens is 432 g/mol. The van der Waals surface area contributed by atoms with E-state index in [1.807, 2.05) is 37.3 Å². The van der Waals surface area contributed by atoms with Crippen molar-refractivity contribution in [2.75, 3.05) is 7.11 Å². The van der Waals surface area contributed by atoms with Gasteiger partial charge in [-0.15, -0.1) is 0 Å². The highest BCUT2D eigenvalue weighted by molar-refractivity contribution is 6.00. The number of nitrogens with one attached hydrogen (secondary N) is 1. The fraction of sp³-hybridized carbons (Fsp3) is 0.423. The largest absolute Gasteiger partial charge is 0.497 e. The fourth-order valence-corrected chi connectivity index (χ4v) is 4.98. The Morgan fingerprint density at radius 3 is 2.76 bits per heavy atom. The number of rotatable bonds is 6. The lowest BCUT2D eigenvalue weighted by Crippen LogP contribution is -2.64. The van der Waals surface area contributed by atoms with Crippen molar-refractivity contribution in [3.05, 3.63) is 60.0 Å². The number of nitrogens with zero attached hydrogens (tertiary/aromatic N) is 3. The number of ether oxygens (including phenoxy) is 1. The summed E-state index contributed by atoms with van der Waals surface area (Å²) in [5.41, 5.74) is 0.810. The molecule has 8 nitrogen and oxygen atoms in total. The van der Waals surface area contributed by atoms with E-state index in [2.05, 4.69) is 10.4 Å². The number of fused-ring (bicyclic) bond motifs is 1. The van der Waals surface area contributed by atoms with E-state index in [0.717, 1.165) is 31.2 Å². The molecule has 1 aromatic carbocycles. The van der Waals surface area contributed by atoms with Gasteiger partial charge in [0, 0.05) is 18.7 Å². The van der Waals surface area contributed by atoms with E-state index in [0.29, 0.717) is 22.9 Å². The van der Waals surface area contributed by atoms with Crippen LogP contribution in [0.15, 0.2) is 53.1 Å². The van der Waals surface area contributed by atoms with Crippen LogP contribution in [0, 0.1) is 0 Å². The lowest BCUT2D eigenvalue weighted by Gasteiger charge is -2.44. The van der Waals surface area contributed by atoms with Gasteiger partial charge in [0.25, 0.3) is 5.91 Å². The molecule has 34 heavy (non-hydrogen) atoms. The minimum absolute atomic E-state index is 0.142. The number of hydrogen-bond acceptors (Lipinski definition) is 5. The van der Waals surface area contributed by atoms with Crippen molar-refractivity contribution in [2.24, 2.45) is 0 Å². The summed E-state index contributed by atoms with van der Waals surface area (Å²) in [4.78, 5) is 29.2. The Bertz CT molecular complexity index is 1180. The number of benzene rings is 1. The predicted molar refractivity (Wildman–Crippen MR) is 126 cm³/mol. The maximum Gasteiger partial charge on any atom is 0.273 e. The highest BCUT2D eigenvalue weighted by atomic mass is 16.5. The molecule has 1 fully saturated rings. The van der Waals surface area contributed by atoms with E-state index >= 15 is 0 Å². The number of methoxy groups -OCH3 is 1. The second kappa shape index (κ2) is 9.00. The molecule has 0 radical (unpaired) electrons. The molecular formula is C26H30N4O4. The fourth-order valence-electron chi connectivity index (χ4n) is 4.98. The molecule has 3 heterocycles. The summed E-state index contributed by atoms with van der Waals surface area (Å²) >= 11 is 0. The van der Waals surface area contributed by atoms with Gasteiger partial charge in [0.15, 0.2) is 5.76 Å². The highest BCUT2D eigenvalue weighted by Crippen LogP contribution is 2.32. The van der Waals surface area contributed by atoms with Gasteiger partial charge in [-0.2, -0.15) is 5.10 Å². The van der Waals surface area contributed by atoms with Crippen LogP contribution in [0.4, 0.5) is 0 Å². The average molecular weight is 463 g/mol. The third kappa shape index (κ3) is 4.08. The van der Waals surface area contributed by atoms with Crippen LogP contribution >= 0.6 is 0 Å². The summed E-state index contributed by atoms with van der Waals surface area (Å²) in [6.07, 6.45) is 6.96. The number of hydrogen-bond donors (Lipinski definition) is 1. The average Bonchev–Trinajstić information content (AvgIpc) is 3.53. The zero-order valence-corrected chi connectivity index (χ0v) is 19.6. The molecule has 0 bridgehead atoms. The molecule has 1 atom stereocenters. The van der Waals surface area contributed by atoms with Crippen molar-refractivity contribution in [3.8, 4) is 17.2 Å².